The molecule has 2 aromatic heterocycles. The lowest BCUT2D eigenvalue weighted by Crippen LogP contribution is -2.38. The Hall–Kier alpha value is -2.47. The van der Waals surface area contributed by atoms with Crippen LogP contribution in [0.15, 0.2) is 35.7 Å². The lowest BCUT2D eigenvalue weighted by atomic mass is 9.95. The smallest absolute Gasteiger partial charge is 0.227 e. The predicted octanol–water partition coefficient (Wildman–Crippen LogP) is 5.05. The summed E-state index contributed by atoms with van der Waals surface area (Å²) in [6.45, 7) is 8.14. The number of aromatic nitrogens is 2. The summed E-state index contributed by atoms with van der Waals surface area (Å²) in [4.78, 5) is 25.6. The summed E-state index contributed by atoms with van der Waals surface area (Å²) in [5, 5.41) is 6.50. The first-order valence-corrected chi connectivity index (χ1v) is 11.2. The standard InChI is InChI=1S/C23H28N4OS/c1-15(2)13-18-14-29-23-20(18)21(24-16(3)25-23)27-11-9-17(10-12-27)22(28)26-19-7-5-4-6-8-19/h4-8,14-15,17H,9-13H2,1-3H3,(H,26,28). The van der Waals surface area contributed by atoms with Gasteiger partial charge in [0.2, 0.25) is 5.91 Å². The van der Waals surface area contributed by atoms with Gasteiger partial charge in [0.25, 0.3) is 0 Å². The molecule has 0 unspecified atom stereocenters. The van der Waals surface area contributed by atoms with Crippen LogP contribution in [-0.4, -0.2) is 29.0 Å². The summed E-state index contributed by atoms with van der Waals surface area (Å²) in [5.41, 5.74) is 2.21. The van der Waals surface area contributed by atoms with Crippen molar-refractivity contribution in [2.75, 3.05) is 23.3 Å². The number of hydrogen-bond acceptors (Lipinski definition) is 5. The van der Waals surface area contributed by atoms with Gasteiger partial charge in [-0.1, -0.05) is 32.0 Å². The third-order valence-corrected chi connectivity index (χ3v) is 6.36. The molecule has 1 N–H and O–H groups in total. The SMILES string of the molecule is Cc1nc(N2CCC(C(=O)Nc3ccccc3)CC2)c2c(CC(C)C)csc2n1. The molecule has 0 radical (unpaired) electrons. The van der Waals surface area contributed by atoms with Crippen molar-refractivity contribution in [1.29, 1.82) is 0 Å². The largest absolute Gasteiger partial charge is 0.356 e. The molecule has 0 bridgehead atoms. The van der Waals surface area contributed by atoms with Crippen molar-refractivity contribution in [3.8, 4) is 0 Å². The van der Waals surface area contributed by atoms with Crippen LogP contribution in [0.4, 0.5) is 11.5 Å². The van der Waals surface area contributed by atoms with E-state index in [1.165, 1.54) is 10.9 Å². The van der Waals surface area contributed by atoms with E-state index in [0.29, 0.717) is 5.92 Å². The number of nitrogens with one attached hydrogen (secondary N) is 1. The molecule has 1 amide bonds. The number of carbonyl (C=O) groups is 1. The first-order valence-electron chi connectivity index (χ1n) is 10.4. The van der Waals surface area contributed by atoms with Gasteiger partial charge in [0.1, 0.15) is 16.5 Å². The first kappa shape index (κ1) is 19.8. The molecular formula is C23H28N4OS. The molecule has 4 rings (SSSR count). The van der Waals surface area contributed by atoms with Gasteiger partial charge < -0.3 is 10.2 Å². The van der Waals surface area contributed by atoms with Gasteiger partial charge in [0, 0.05) is 24.7 Å². The van der Waals surface area contributed by atoms with Crippen molar-refractivity contribution >= 4 is 39.0 Å². The van der Waals surface area contributed by atoms with Crippen LogP contribution in [0.3, 0.4) is 0 Å². The van der Waals surface area contributed by atoms with Gasteiger partial charge in [-0.25, -0.2) is 9.97 Å². The fourth-order valence-corrected chi connectivity index (χ4v) is 5.02. The van der Waals surface area contributed by atoms with E-state index in [-0.39, 0.29) is 11.8 Å². The normalized spacial score (nSPS) is 15.2. The van der Waals surface area contributed by atoms with Crippen molar-refractivity contribution in [3.63, 3.8) is 0 Å². The van der Waals surface area contributed by atoms with Crippen LogP contribution >= 0.6 is 11.3 Å². The summed E-state index contributed by atoms with van der Waals surface area (Å²) in [7, 11) is 0. The summed E-state index contributed by atoms with van der Waals surface area (Å²) >= 11 is 1.71. The minimum atomic E-state index is 0.0440. The zero-order valence-electron chi connectivity index (χ0n) is 17.3. The molecule has 29 heavy (non-hydrogen) atoms. The number of para-hydroxylation sites is 1. The molecule has 3 heterocycles. The van der Waals surface area contributed by atoms with Crippen molar-refractivity contribution in [2.45, 2.75) is 40.0 Å². The van der Waals surface area contributed by atoms with Crippen LogP contribution < -0.4 is 10.2 Å². The average Bonchev–Trinajstić information content (AvgIpc) is 3.10. The van der Waals surface area contributed by atoms with Crippen LogP contribution in [0.5, 0.6) is 0 Å². The van der Waals surface area contributed by atoms with Gasteiger partial charge in [-0.15, -0.1) is 11.3 Å². The van der Waals surface area contributed by atoms with E-state index in [9.17, 15) is 4.79 Å². The summed E-state index contributed by atoms with van der Waals surface area (Å²) in [6, 6.07) is 9.70. The number of nitrogens with zero attached hydrogens (tertiary/aromatic N) is 3. The van der Waals surface area contributed by atoms with Crippen molar-refractivity contribution in [2.24, 2.45) is 11.8 Å². The fraction of sp³-hybridized carbons (Fsp3) is 0.435. The minimum Gasteiger partial charge on any atom is -0.356 e. The molecule has 1 aliphatic heterocycles. The van der Waals surface area contributed by atoms with E-state index < -0.39 is 0 Å². The number of benzene rings is 1. The van der Waals surface area contributed by atoms with Gasteiger partial charge in [-0.05, 0) is 55.2 Å². The Labute approximate surface area is 176 Å². The lowest BCUT2D eigenvalue weighted by Gasteiger charge is -2.32. The first-order chi connectivity index (χ1) is 14.0. The molecule has 6 heteroatoms. The van der Waals surface area contributed by atoms with Crippen LogP contribution in [0, 0.1) is 18.8 Å². The number of rotatable bonds is 5. The van der Waals surface area contributed by atoms with Gasteiger partial charge in [0.15, 0.2) is 0 Å². The monoisotopic (exact) mass is 408 g/mol. The Morgan fingerprint density at radius 2 is 1.93 bits per heavy atom. The number of anilines is 2. The van der Waals surface area contributed by atoms with Crippen LogP contribution in [0.25, 0.3) is 10.2 Å². The maximum atomic E-state index is 12.7. The number of carbonyl (C=O) groups excluding carboxylic acids is 1. The third-order valence-electron chi connectivity index (χ3n) is 5.44. The Balaban J connectivity index is 1.50. The second kappa shape index (κ2) is 8.49. The van der Waals surface area contributed by atoms with Gasteiger partial charge >= 0.3 is 0 Å². The molecule has 3 aromatic rings. The van der Waals surface area contributed by atoms with Crippen LogP contribution in [0.2, 0.25) is 0 Å². The molecule has 152 valence electrons. The second-order valence-electron chi connectivity index (χ2n) is 8.25. The maximum Gasteiger partial charge on any atom is 0.227 e. The second-order valence-corrected chi connectivity index (χ2v) is 9.11. The number of amides is 1. The van der Waals surface area contributed by atoms with E-state index in [4.69, 9.17) is 4.98 Å². The third kappa shape index (κ3) is 4.42. The Morgan fingerprint density at radius 1 is 1.21 bits per heavy atom. The summed E-state index contributed by atoms with van der Waals surface area (Å²) < 4.78 is 0. The molecule has 1 aliphatic rings. The molecule has 5 nitrogen and oxygen atoms in total. The maximum absolute atomic E-state index is 12.7. The highest BCUT2D eigenvalue weighted by Gasteiger charge is 2.27. The van der Waals surface area contributed by atoms with E-state index in [0.717, 1.165) is 54.5 Å². The average molecular weight is 409 g/mol. The molecule has 1 saturated heterocycles. The van der Waals surface area contributed by atoms with Gasteiger partial charge in [-0.3, -0.25) is 4.79 Å². The van der Waals surface area contributed by atoms with Crippen molar-refractivity contribution in [3.05, 3.63) is 47.1 Å². The molecule has 0 saturated carbocycles. The minimum absolute atomic E-state index is 0.0440. The number of piperidine rings is 1. The van der Waals surface area contributed by atoms with E-state index >= 15 is 0 Å². The number of fused-ring (bicyclic) bond motifs is 1. The van der Waals surface area contributed by atoms with Crippen molar-refractivity contribution < 1.29 is 4.79 Å². The highest BCUT2D eigenvalue weighted by Crippen LogP contribution is 2.35. The zero-order valence-corrected chi connectivity index (χ0v) is 18.1. The highest BCUT2D eigenvalue weighted by atomic mass is 32.1. The molecule has 1 aromatic carbocycles. The number of aryl methyl sites for hydroxylation is 1. The fourth-order valence-electron chi connectivity index (χ4n) is 4.02. The Bertz CT molecular complexity index is 991. The molecular weight excluding hydrogens is 380 g/mol. The van der Waals surface area contributed by atoms with Gasteiger partial charge in [0.05, 0.1) is 5.39 Å². The summed E-state index contributed by atoms with van der Waals surface area (Å²) in [6.07, 6.45) is 2.72. The molecule has 0 atom stereocenters. The predicted molar refractivity (Wildman–Crippen MR) is 121 cm³/mol. The number of thiophene rings is 1. The summed E-state index contributed by atoms with van der Waals surface area (Å²) in [5.74, 6) is 2.62. The Kier molecular flexibility index (Phi) is 5.81. The molecule has 0 spiro atoms. The lowest BCUT2D eigenvalue weighted by molar-refractivity contribution is -0.120. The van der Waals surface area contributed by atoms with Crippen LogP contribution in [0.1, 0.15) is 38.1 Å². The topological polar surface area (TPSA) is 58.1 Å². The van der Waals surface area contributed by atoms with E-state index in [2.05, 4.69) is 34.4 Å². The van der Waals surface area contributed by atoms with E-state index in [1.807, 2.05) is 37.3 Å². The zero-order chi connectivity index (χ0) is 20.4. The molecule has 0 aliphatic carbocycles. The highest BCUT2D eigenvalue weighted by molar-refractivity contribution is 7.17. The van der Waals surface area contributed by atoms with Gasteiger partial charge in [-0.2, -0.15) is 0 Å². The van der Waals surface area contributed by atoms with E-state index in [1.54, 1.807) is 11.3 Å². The number of hydrogen-bond donors (Lipinski definition) is 1. The van der Waals surface area contributed by atoms with Crippen LogP contribution in [-0.2, 0) is 11.2 Å². The molecule has 1 fully saturated rings. The quantitative estimate of drug-likeness (QED) is 0.641. The van der Waals surface area contributed by atoms with Crippen molar-refractivity contribution in [1.82, 2.24) is 9.97 Å². The Morgan fingerprint density at radius 3 is 2.62 bits per heavy atom.